The Labute approximate surface area is 160 Å². The van der Waals surface area contributed by atoms with E-state index in [4.69, 9.17) is 23.2 Å². The molecule has 0 saturated carbocycles. The number of rotatable bonds is 2. The molecule has 1 heterocycles. The Balaban J connectivity index is 1.86. The zero-order valence-electron chi connectivity index (χ0n) is 13.4. The number of nitro groups is 1. The average Bonchev–Trinajstić information content (AvgIpc) is 3.12. The number of nitro benzene ring substituents is 1. The van der Waals surface area contributed by atoms with Crippen LogP contribution in [0.4, 0.5) is 11.4 Å². The van der Waals surface area contributed by atoms with E-state index in [-0.39, 0.29) is 29.1 Å². The van der Waals surface area contributed by atoms with Crippen LogP contribution in [-0.2, 0) is 0 Å². The SMILES string of the molecule is N#Cc1cc([N+](=O)[O-])cc2c1N[C@@H](c1ccc(Cl)c(Cl)c1)[C@H]1CC=C[C@@H]21. The first kappa shape index (κ1) is 16.9. The summed E-state index contributed by atoms with van der Waals surface area (Å²) in [7, 11) is 0. The smallest absolute Gasteiger partial charge is 0.271 e. The second kappa shape index (κ2) is 6.31. The maximum Gasteiger partial charge on any atom is 0.271 e. The van der Waals surface area contributed by atoms with Gasteiger partial charge in [-0.05, 0) is 35.6 Å². The molecule has 0 saturated heterocycles. The summed E-state index contributed by atoms with van der Waals surface area (Å²) in [5.41, 5.74) is 2.64. The molecule has 3 atom stereocenters. The van der Waals surface area contributed by atoms with Gasteiger partial charge in [0.05, 0.1) is 32.3 Å². The van der Waals surface area contributed by atoms with Gasteiger partial charge in [0, 0.05) is 18.1 Å². The van der Waals surface area contributed by atoms with E-state index in [1.165, 1.54) is 6.07 Å². The van der Waals surface area contributed by atoms with Crippen molar-refractivity contribution in [1.82, 2.24) is 0 Å². The number of hydrogen-bond donors (Lipinski definition) is 1. The molecule has 1 aliphatic carbocycles. The predicted octanol–water partition coefficient (Wildman–Crippen LogP) is 5.60. The molecule has 4 rings (SSSR count). The number of hydrogen-bond acceptors (Lipinski definition) is 4. The van der Waals surface area contributed by atoms with E-state index < -0.39 is 4.92 Å². The summed E-state index contributed by atoms with van der Waals surface area (Å²) in [5, 5.41) is 25.1. The molecular formula is C19H13Cl2N3O2. The van der Waals surface area contributed by atoms with E-state index in [1.807, 2.05) is 12.1 Å². The van der Waals surface area contributed by atoms with Crippen molar-refractivity contribution in [3.8, 4) is 6.07 Å². The van der Waals surface area contributed by atoms with Gasteiger partial charge >= 0.3 is 0 Å². The van der Waals surface area contributed by atoms with Crippen LogP contribution in [0, 0.1) is 27.4 Å². The summed E-state index contributed by atoms with van der Waals surface area (Å²) in [6, 6.07) is 10.4. The number of benzene rings is 2. The highest BCUT2D eigenvalue weighted by molar-refractivity contribution is 6.42. The molecule has 2 aliphatic rings. The largest absolute Gasteiger partial charge is 0.377 e. The number of allylic oxidation sites excluding steroid dienone is 2. The van der Waals surface area contributed by atoms with Crippen LogP contribution in [0.3, 0.4) is 0 Å². The maximum atomic E-state index is 11.2. The zero-order chi connectivity index (χ0) is 18.4. The van der Waals surface area contributed by atoms with Gasteiger partial charge in [-0.25, -0.2) is 0 Å². The minimum Gasteiger partial charge on any atom is -0.377 e. The second-order valence-electron chi connectivity index (χ2n) is 6.48. The van der Waals surface area contributed by atoms with Gasteiger partial charge in [-0.3, -0.25) is 10.1 Å². The van der Waals surface area contributed by atoms with Crippen molar-refractivity contribution in [2.75, 3.05) is 5.32 Å². The Morgan fingerprint density at radius 1 is 1.23 bits per heavy atom. The number of anilines is 1. The highest BCUT2D eigenvalue weighted by Gasteiger charge is 2.40. The van der Waals surface area contributed by atoms with Crippen LogP contribution in [-0.4, -0.2) is 4.92 Å². The van der Waals surface area contributed by atoms with Crippen LogP contribution in [0.25, 0.3) is 0 Å². The van der Waals surface area contributed by atoms with Gasteiger partial charge in [0.15, 0.2) is 0 Å². The fourth-order valence-corrected chi connectivity index (χ4v) is 4.22. The van der Waals surface area contributed by atoms with Crippen molar-refractivity contribution in [3.05, 3.63) is 79.3 Å². The molecule has 0 bridgehead atoms. The molecule has 5 nitrogen and oxygen atoms in total. The van der Waals surface area contributed by atoms with E-state index in [0.29, 0.717) is 15.7 Å². The maximum absolute atomic E-state index is 11.2. The zero-order valence-corrected chi connectivity index (χ0v) is 15.0. The van der Waals surface area contributed by atoms with Crippen molar-refractivity contribution in [1.29, 1.82) is 5.26 Å². The fraction of sp³-hybridized carbons (Fsp3) is 0.211. The molecule has 0 unspecified atom stereocenters. The highest BCUT2D eigenvalue weighted by Crippen LogP contribution is 2.51. The Kier molecular flexibility index (Phi) is 4.10. The lowest BCUT2D eigenvalue weighted by Crippen LogP contribution is -2.29. The molecule has 0 radical (unpaired) electrons. The quantitative estimate of drug-likeness (QED) is 0.414. The first-order chi connectivity index (χ1) is 12.5. The van der Waals surface area contributed by atoms with Gasteiger partial charge < -0.3 is 5.32 Å². The van der Waals surface area contributed by atoms with Gasteiger partial charge in [-0.15, -0.1) is 0 Å². The lowest BCUT2D eigenvalue weighted by Gasteiger charge is -2.37. The molecule has 130 valence electrons. The van der Waals surface area contributed by atoms with Crippen LogP contribution in [0.5, 0.6) is 0 Å². The molecule has 1 N–H and O–H groups in total. The van der Waals surface area contributed by atoms with Crippen LogP contribution < -0.4 is 5.32 Å². The molecule has 2 aromatic carbocycles. The summed E-state index contributed by atoms with van der Waals surface area (Å²) < 4.78 is 0. The minimum absolute atomic E-state index is 0.0118. The normalized spacial score (nSPS) is 22.9. The van der Waals surface area contributed by atoms with E-state index in [9.17, 15) is 15.4 Å². The summed E-state index contributed by atoms with van der Waals surface area (Å²) in [4.78, 5) is 10.8. The van der Waals surface area contributed by atoms with E-state index >= 15 is 0 Å². The van der Waals surface area contributed by atoms with Crippen LogP contribution >= 0.6 is 23.2 Å². The Morgan fingerprint density at radius 3 is 2.73 bits per heavy atom. The number of nitrogens with zero attached hydrogens (tertiary/aromatic N) is 2. The number of non-ortho nitro benzene ring substituents is 1. The molecule has 0 amide bonds. The Hall–Kier alpha value is -2.55. The number of nitrogens with one attached hydrogen (secondary N) is 1. The van der Waals surface area contributed by atoms with Gasteiger partial charge in [0.25, 0.3) is 5.69 Å². The standard InChI is InChI=1S/C19H13Cl2N3O2/c20-16-5-4-10(7-17(16)21)18-14-3-1-2-13(14)15-8-12(24(25)26)6-11(9-22)19(15)23-18/h1-2,4-8,13-14,18,23H,3H2/t13-,14+,18+/m1/s1. The lowest BCUT2D eigenvalue weighted by molar-refractivity contribution is -0.384. The summed E-state index contributed by atoms with van der Waals surface area (Å²) >= 11 is 12.2. The van der Waals surface area contributed by atoms with Crippen LogP contribution in [0.15, 0.2) is 42.5 Å². The topological polar surface area (TPSA) is 79.0 Å². The third-order valence-electron chi connectivity index (χ3n) is 5.09. The first-order valence-corrected chi connectivity index (χ1v) is 8.85. The molecular weight excluding hydrogens is 373 g/mol. The van der Waals surface area contributed by atoms with Gasteiger partial charge in [-0.1, -0.05) is 41.4 Å². The van der Waals surface area contributed by atoms with Crippen molar-refractivity contribution < 1.29 is 4.92 Å². The van der Waals surface area contributed by atoms with Gasteiger partial charge in [0.1, 0.15) is 6.07 Å². The molecule has 0 fully saturated rings. The van der Waals surface area contributed by atoms with E-state index in [1.54, 1.807) is 12.1 Å². The Morgan fingerprint density at radius 2 is 2.04 bits per heavy atom. The summed E-state index contributed by atoms with van der Waals surface area (Å²) in [5.74, 6) is 0.200. The number of fused-ring (bicyclic) bond motifs is 3. The van der Waals surface area contributed by atoms with E-state index in [2.05, 4.69) is 23.5 Å². The molecule has 0 spiro atoms. The molecule has 7 heteroatoms. The molecule has 0 aromatic heterocycles. The lowest BCUT2D eigenvalue weighted by atomic mass is 9.76. The Bertz CT molecular complexity index is 997. The number of halogens is 2. The summed E-state index contributed by atoms with van der Waals surface area (Å²) in [6.07, 6.45) is 4.99. The van der Waals surface area contributed by atoms with Gasteiger partial charge in [0.2, 0.25) is 0 Å². The molecule has 1 aliphatic heterocycles. The first-order valence-electron chi connectivity index (χ1n) is 8.10. The van der Waals surface area contributed by atoms with Gasteiger partial charge in [-0.2, -0.15) is 5.26 Å². The fourth-order valence-electron chi connectivity index (χ4n) is 3.91. The summed E-state index contributed by atoms with van der Waals surface area (Å²) in [6.45, 7) is 0. The molecule has 26 heavy (non-hydrogen) atoms. The van der Waals surface area contributed by atoms with Crippen molar-refractivity contribution in [2.45, 2.75) is 18.4 Å². The van der Waals surface area contributed by atoms with Crippen molar-refractivity contribution in [2.24, 2.45) is 5.92 Å². The van der Waals surface area contributed by atoms with Crippen LogP contribution in [0.1, 0.15) is 35.1 Å². The highest BCUT2D eigenvalue weighted by atomic mass is 35.5. The number of nitriles is 1. The monoisotopic (exact) mass is 385 g/mol. The predicted molar refractivity (Wildman–Crippen MR) is 101 cm³/mol. The van der Waals surface area contributed by atoms with Crippen LogP contribution in [0.2, 0.25) is 10.0 Å². The van der Waals surface area contributed by atoms with Crippen molar-refractivity contribution >= 4 is 34.6 Å². The minimum atomic E-state index is -0.458. The second-order valence-corrected chi connectivity index (χ2v) is 7.29. The average molecular weight is 386 g/mol. The molecule has 2 aromatic rings. The third-order valence-corrected chi connectivity index (χ3v) is 5.83. The van der Waals surface area contributed by atoms with E-state index in [0.717, 1.165) is 17.5 Å². The third kappa shape index (κ3) is 2.63. The van der Waals surface area contributed by atoms with Crippen molar-refractivity contribution in [3.63, 3.8) is 0 Å².